The van der Waals surface area contributed by atoms with E-state index < -0.39 is 0 Å². The lowest BCUT2D eigenvalue weighted by atomic mass is 10.2. The minimum absolute atomic E-state index is 0.0944. The molecule has 1 amide bonds. The molecule has 0 bridgehead atoms. The Kier molecular flexibility index (Phi) is 5.82. The van der Waals surface area contributed by atoms with Crippen molar-refractivity contribution >= 4 is 33.3 Å². The molecule has 1 aliphatic heterocycles. The number of rotatable bonds is 7. The zero-order chi connectivity index (χ0) is 17.8. The Bertz CT molecular complexity index is 741. The number of aromatic nitrogens is 2. The molecule has 2 aromatic heterocycles. The molecule has 2 aromatic rings. The van der Waals surface area contributed by atoms with Crippen molar-refractivity contribution in [2.75, 3.05) is 31.7 Å². The van der Waals surface area contributed by atoms with Crippen LogP contribution in [0.4, 0.5) is 5.82 Å². The first kappa shape index (κ1) is 18.0. The molecule has 3 heterocycles. The lowest BCUT2D eigenvalue weighted by Crippen LogP contribution is -2.27. The van der Waals surface area contributed by atoms with Gasteiger partial charge in [0, 0.05) is 13.2 Å². The molecule has 0 aromatic carbocycles. The summed E-state index contributed by atoms with van der Waals surface area (Å²) in [5, 5.41) is 7.25. The van der Waals surface area contributed by atoms with Gasteiger partial charge >= 0.3 is 0 Å². The van der Waals surface area contributed by atoms with Crippen LogP contribution >= 0.6 is 11.3 Å². The minimum Gasteiger partial charge on any atom is -0.379 e. The van der Waals surface area contributed by atoms with Gasteiger partial charge in [-0.2, -0.15) is 0 Å². The number of hydrogen-bond donors (Lipinski definition) is 2. The lowest BCUT2D eigenvalue weighted by Gasteiger charge is -2.12. The van der Waals surface area contributed by atoms with Crippen LogP contribution in [0, 0.1) is 6.92 Å². The molecule has 2 N–H and O–H groups in total. The van der Waals surface area contributed by atoms with Crippen LogP contribution in [0.1, 0.15) is 35.5 Å². The van der Waals surface area contributed by atoms with Crippen LogP contribution < -0.4 is 10.6 Å². The number of fused-ring (bicyclic) bond motifs is 1. The maximum absolute atomic E-state index is 12.5. The number of carbonyl (C=O) groups excluding carboxylic acids is 1. The number of amides is 1. The van der Waals surface area contributed by atoms with Crippen LogP contribution in [0.5, 0.6) is 0 Å². The molecule has 0 aliphatic carbocycles. The summed E-state index contributed by atoms with van der Waals surface area (Å²) in [5.74, 6) is 0.680. The van der Waals surface area contributed by atoms with Gasteiger partial charge in [0.25, 0.3) is 5.91 Å². The van der Waals surface area contributed by atoms with E-state index in [1.807, 2.05) is 20.8 Å². The molecular formula is C17H24N4O3S. The number of aryl methyl sites for hydroxylation is 1. The summed E-state index contributed by atoms with van der Waals surface area (Å²) in [4.78, 5) is 22.7. The van der Waals surface area contributed by atoms with Crippen molar-refractivity contribution in [3.05, 3.63) is 16.8 Å². The van der Waals surface area contributed by atoms with Crippen molar-refractivity contribution in [2.45, 2.75) is 39.3 Å². The summed E-state index contributed by atoms with van der Waals surface area (Å²) in [7, 11) is 0. The van der Waals surface area contributed by atoms with Gasteiger partial charge in [0.05, 0.1) is 35.6 Å². The molecule has 0 saturated carbocycles. The number of nitrogens with one attached hydrogen (secondary N) is 2. The van der Waals surface area contributed by atoms with E-state index in [1.165, 1.54) is 17.7 Å². The van der Waals surface area contributed by atoms with E-state index in [9.17, 15) is 4.79 Å². The Hall–Kier alpha value is -1.77. The number of ether oxygens (including phenoxy) is 2. The van der Waals surface area contributed by atoms with E-state index in [0.29, 0.717) is 24.6 Å². The molecule has 3 rings (SSSR count). The highest BCUT2D eigenvalue weighted by Gasteiger charge is 2.22. The monoisotopic (exact) mass is 364 g/mol. The zero-order valence-electron chi connectivity index (χ0n) is 14.8. The normalized spacial score (nSPS) is 17.4. The summed E-state index contributed by atoms with van der Waals surface area (Å²) >= 11 is 1.39. The summed E-state index contributed by atoms with van der Waals surface area (Å²) in [6, 6.07) is 0.253. The highest BCUT2D eigenvalue weighted by atomic mass is 32.1. The Labute approximate surface area is 151 Å². The topological polar surface area (TPSA) is 85.4 Å². The van der Waals surface area contributed by atoms with Crippen molar-refractivity contribution in [3.8, 4) is 0 Å². The van der Waals surface area contributed by atoms with Crippen molar-refractivity contribution in [3.63, 3.8) is 0 Å². The van der Waals surface area contributed by atoms with Gasteiger partial charge in [-0.15, -0.1) is 11.3 Å². The van der Waals surface area contributed by atoms with Gasteiger partial charge in [0.15, 0.2) is 0 Å². The molecule has 25 heavy (non-hydrogen) atoms. The van der Waals surface area contributed by atoms with Gasteiger partial charge in [0.1, 0.15) is 17.0 Å². The van der Waals surface area contributed by atoms with Crippen molar-refractivity contribution in [1.29, 1.82) is 0 Å². The van der Waals surface area contributed by atoms with Gasteiger partial charge in [-0.1, -0.05) is 0 Å². The Morgan fingerprint density at radius 2 is 2.32 bits per heavy atom. The number of hydrogen-bond acceptors (Lipinski definition) is 7. The first-order valence-electron chi connectivity index (χ1n) is 8.54. The Morgan fingerprint density at radius 1 is 1.48 bits per heavy atom. The molecule has 1 saturated heterocycles. The summed E-state index contributed by atoms with van der Waals surface area (Å²) < 4.78 is 10.9. The number of carbonyl (C=O) groups is 1. The van der Waals surface area contributed by atoms with Crippen LogP contribution in [0.25, 0.3) is 10.2 Å². The fraction of sp³-hybridized carbons (Fsp3) is 0.588. The van der Waals surface area contributed by atoms with Crippen LogP contribution in [-0.4, -0.2) is 54.4 Å². The van der Waals surface area contributed by atoms with Gasteiger partial charge in [0.2, 0.25) is 0 Å². The molecule has 136 valence electrons. The highest BCUT2D eigenvalue weighted by Crippen LogP contribution is 2.33. The summed E-state index contributed by atoms with van der Waals surface area (Å²) in [6.07, 6.45) is 2.65. The molecular weight excluding hydrogens is 340 g/mol. The fourth-order valence-corrected chi connectivity index (χ4v) is 3.84. The van der Waals surface area contributed by atoms with Gasteiger partial charge in [-0.3, -0.25) is 4.79 Å². The van der Waals surface area contributed by atoms with E-state index >= 15 is 0 Å². The van der Waals surface area contributed by atoms with Gasteiger partial charge < -0.3 is 20.1 Å². The second kappa shape index (κ2) is 8.07. The number of thiophene rings is 1. The van der Waals surface area contributed by atoms with E-state index in [-0.39, 0.29) is 18.1 Å². The largest absolute Gasteiger partial charge is 0.379 e. The van der Waals surface area contributed by atoms with Crippen molar-refractivity contribution in [2.24, 2.45) is 0 Å². The summed E-state index contributed by atoms with van der Waals surface area (Å²) in [6.45, 7) is 8.32. The third kappa shape index (κ3) is 4.26. The minimum atomic E-state index is -0.0944. The zero-order valence-corrected chi connectivity index (χ0v) is 15.6. The number of nitrogens with zero attached hydrogens (tertiary/aromatic N) is 2. The molecule has 1 atom stereocenters. The van der Waals surface area contributed by atoms with Crippen molar-refractivity contribution in [1.82, 2.24) is 15.3 Å². The molecule has 0 radical (unpaired) electrons. The second-order valence-corrected chi connectivity index (χ2v) is 7.34. The predicted molar refractivity (Wildman–Crippen MR) is 98.4 cm³/mol. The maximum atomic E-state index is 12.5. The Balaban J connectivity index is 1.75. The van der Waals surface area contributed by atoms with E-state index in [0.717, 1.165) is 34.6 Å². The standard InChI is InChI=1S/C17H24N4O3S/c1-10(2)24-7-5-18-16(22)14-11(3)13-15(19-9-20-17(13)25-14)21-12-4-6-23-8-12/h9-10,12H,4-8H2,1-3H3,(H,18,22)(H,19,20,21). The first-order chi connectivity index (χ1) is 12.1. The van der Waals surface area contributed by atoms with Gasteiger partial charge in [-0.05, 0) is 32.8 Å². The predicted octanol–water partition coefficient (Wildman–Crippen LogP) is 2.36. The molecule has 8 heteroatoms. The third-order valence-electron chi connectivity index (χ3n) is 4.04. The molecule has 1 fully saturated rings. The van der Waals surface area contributed by atoms with Gasteiger partial charge in [-0.25, -0.2) is 9.97 Å². The van der Waals surface area contributed by atoms with E-state index in [2.05, 4.69) is 20.6 Å². The summed E-state index contributed by atoms with van der Waals surface area (Å²) in [5.41, 5.74) is 0.907. The molecule has 1 unspecified atom stereocenters. The van der Waals surface area contributed by atoms with Crippen LogP contribution in [-0.2, 0) is 9.47 Å². The van der Waals surface area contributed by atoms with Crippen LogP contribution in [0.2, 0.25) is 0 Å². The van der Waals surface area contributed by atoms with Crippen LogP contribution in [0.15, 0.2) is 6.33 Å². The Morgan fingerprint density at radius 3 is 3.04 bits per heavy atom. The molecule has 1 aliphatic rings. The smallest absolute Gasteiger partial charge is 0.261 e. The number of anilines is 1. The van der Waals surface area contributed by atoms with E-state index in [1.54, 1.807) is 0 Å². The third-order valence-corrected chi connectivity index (χ3v) is 5.24. The SMILES string of the molecule is Cc1c(C(=O)NCCOC(C)C)sc2ncnc(NC3CCOC3)c12. The fourth-order valence-electron chi connectivity index (χ4n) is 2.78. The first-order valence-corrected chi connectivity index (χ1v) is 9.36. The lowest BCUT2D eigenvalue weighted by molar-refractivity contribution is 0.0748. The van der Waals surface area contributed by atoms with Crippen molar-refractivity contribution < 1.29 is 14.3 Å². The second-order valence-electron chi connectivity index (χ2n) is 6.34. The van der Waals surface area contributed by atoms with E-state index in [4.69, 9.17) is 9.47 Å². The average molecular weight is 364 g/mol. The molecule has 7 nitrogen and oxygen atoms in total. The maximum Gasteiger partial charge on any atom is 0.261 e. The van der Waals surface area contributed by atoms with Crippen LogP contribution in [0.3, 0.4) is 0 Å². The average Bonchev–Trinajstić information content (AvgIpc) is 3.20. The molecule has 0 spiro atoms. The quantitative estimate of drug-likeness (QED) is 0.734. The highest BCUT2D eigenvalue weighted by molar-refractivity contribution is 7.20.